The Balaban J connectivity index is 1.73. The fourth-order valence-electron chi connectivity index (χ4n) is 2.66. The van der Waals surface area contributed by atoms with Gasteiger partial charge in [-0.3, -0.25) is 0 Å². The molecular formula is C18H30N2O. The van der Waals surface area contributed by atoms with Gasteiger partial charge in [0.05, 0.1) is 7.11 Å². The highest BCUT2D eigenvalue weighted by Gasteiger charge is 2.23. The fourth-order valence-corrected chi connectivity index (χ4v) is 2.66. The highest BCUT2D eigenvalue weighted by molar-refractivity contribution is 5.27. The number of benzene rings is 1. The second-order valence-electron chi connectivity index (χ2n) is 6.63. The van der Waals surface area contributed by atoms with E-state index in [1.165, 1.54) is 31.2 Å². The zero-order chi connectivity index (χ0) is 15.1. The maximum absolute atomic E-state index is 5.99. The summed E-state index contributed by atoms with van der Waals surface area (Å²) in [5.41, 5.74) is 7.38. The Kier molecular flexibility index (Phi) is 6.07. The number of nitrogens with two attached hydrogens (primary N) is 1. The van der Waals surface area contributed by atoms with Crippen molar-refractivity contribution >= 4 is 0 Å². The van der Waals surface area contributed by atoms with Crippen LogP contribution >= 0.6 is 0 Å². The van der Waals surface area contributed by atoms with Crippen LogP contribution in [0.3, 0.4) is 0 Å². The lowest BCUT2D eigenvalue weighted by Gasteiger charge is -2.30. The molecule has 1 aromatic rings. The summed E-state index contributed by atoms with van der Waals surface area (Å²) in [6, 6.07) is 8.34. The van der Waals surface area contributed by atoms with E-state index in [0.717, 1.165) is 31.1 Å². The summed E-state index contributed by atoms with van der Waals surface area (Å²) in [4.78, 5) is 0. The van der Waals surface area contributed by atoms with Crippen molar-refractivity contribution in [2.75, 3.05) is 20.2 Å². The topological polar surface area (TPSA) is 47.3 Å². The Morgan fingerprint density at radius 3 is 2.57 bits per heavy atom. The van der Waals surface area contributed by atoms with E-state index in [2.05, 4.69) is 24.4 Å². The van der Waals surface area contributed by atoms with Crippen molar-refractivity contribution < 1.29 is 4.74 Å². The molecule has 1 aliphatic carbocycles. The van der Waals surface area contributed by atoms with Crippen molar-refractivity contribution in [3.8, 4) is 5.75 Å². The summed E-state index contributed by atoms with van der Waals surface area (Å²) in [5, 5.41) is 3.67. The Bertz CT molecular complexity index is 414. The van der Waals surface area contributed by atoms with E-state index >= 15 is 0 Å². The van der Waals surface area contributed by atoms with E-state index in [4.69, 9.17) is 10.5 Å². The normalized spacial score (nSPS) is 17.5. The summed E-state index contributed by atoms with van der Waals surface area (Å²) in [6.45, 7) is 4.02. The number of ether oxygens (including phenoxy) is 1. The van der Waals surface area contributed by atoms with Crippen LogP contribution in [0, 0.1) is 5.92 Å². The first-order valence-electron chi connectivity index (χ1n) is 8.23. The van der Waals surface area contributed by atoms with Gasteiger partial charge in [-0.25, -0.2) is 0 Å². The number of nitrogens with one attached hydrogen (secondary N) is 1. The molecule has 0 bridgehead atoms. The van der Waals surface area contributed by atoms with Gasteiger partial charge in [0.1, 0.15) is 5.75 Å². The van der Waals surface area contributed by atoms with Gasteiger partial charge < -0.3 is 15.8 Å². The third kappa shape index (κ3) is 5.68. The van der Waals surface area contributed by atoms with Gasteiger partial charge >= 0.3 is 0 Å². The summed E-state index contributed by atoms with van der Waals surface area (Å²) in [7, 11) is 1.70. The lowest BCUT2D eigenvalue weighted by molar-refractivity contribution is 0.335. The van der Waals surface area contributed by atoms with Gasteiger partial charge in [-0.05, 0) is 62.8 Å². The van der Waals surface area contributed by atoms with Gasteiger partial charge in [0.25, 0.3) is 0 Å². The van der Waals surface area contributed by atoms with Gasteiger partial charge in [-0.1, -0.05) is 25.0 Å². The molecule has 0 radical (unpaired) electrons. The highest BCUT2D eigenvalue weighted by Crippen LogP contribution is 2.33. The molecule has 21 heavy (non-hydrogen) atoms. The Hall–Kier alpha value is -1.06. The smallest absolute Gasteiger partial charge is 0.118 e. The molecule has 0 saturated heterocycles. The zero-order valence-corrected chi connectivity index (χ0v) is 13.5. The molecule has 0 amide bonds. The van der Waals surface area contributed by atoms with Crippen molar-refractivity contribution in [3.63, 3.8) is 0 Å². The monoisotopic (exact) mass is 290 g/mol. The molecule has 0 aromatic heterocycles. The number of methoxy groups -OCH3 is 1. The molecule has 3 nitrogen and oxygen atoms in total. The van der Waals surface area contributed by atoms with Gasteiger partial charge in [0.15, 0.2) is 0 Å². The number of hydrogen-bond donors (Lipinski definition) is 2. The maximum Gasteiger partial charge on any atom is 0.118 e. The molecule has 3 heteroatoms. The third-order valence-corrected chi connectivity index (χ3v) is 4.61. The highest BCUT2D eigenvalue weighted by atomic mass is 16.5. The molecular weight excluding hydrogens is 260 g/mol. The summed E-state index contributed by atoms with van der Waals surface area (Å²) in [6.07, 6.45) is 7.68. The molecule has 1 fully saturated rings. The molecule has 0 heterocycles. The standard InChI is InChI=1S/C18H30N2O/c1-18(14-19,20-13-3-4-15-5-6-15)12-11-16-7-9-17(21-2)10-8-16/h7-10,15,20H,3-6,11-14,19H2,1-2H3. The van der Waals surface area contributed by atoms with Crippen LogP contribution in [0.4, 0.5) is 0 Å². The number of aryl methyl sites for hydroxylation is 1. The molecule has 2 rings (SSSR count). The van der Waals surface area contributed by atoms with Crippen LogP contribution in [-0.2, 0) is 6.42 Å². The minimum Gasteiger partial charge on any atom is -0.497 e. The lowest BCUT2D eigenvalue weighted by atomic mass is 9.93. The predicted octanol–water partition coefficient (Wildman–Crippen LogP) is 3.13. The molecule has 1 aliphatic rings. The average molecular weight is 290 g/mol. The van der Waals surface area contributed by atoms with Gasteiger partial charge in [-0.2, -0.15) is 0 Å². The van der Waals surface area contributed by atoms with Crippen LogP contribution in [0.25, 0.3) is 0 Å². The Morgan fingerprint density at radius 2 is 2.00 bits per heavy atom. The second-order valence-corrected chi connectivity index (χ2v) is 6.63. The van der Waals surface area contributed by atoms with Crippen LogP contribution in [0.5, 0.6) is 5.75 Å². The molecule has 118 valence electrons. The fraction of sp³-hybridized carbons (Fsp3) is 0.667. The number of hydrogen-bond acceptors (Lipinski definition) is 3. The largest absolute Gasteiger partial charge is 0.497 e. The zero-order valence-electron chi connectivity index (χ0n) is 13.5. The first-order valence-corrected chi connectivity index (χ1v) is 8.23. The first kappa shape index (κ1) is 16.3. The van der Waals surface area contributed by atoms with Crippen LogP contribution in [-0.4, -0.2) is 25.7 Å². The van der Waals surface area contributed by atoms with Gasteiger partial charge in [0, 0.05) is 12.1 Å². The van der Waals surface area contributed by atoms with E-state index in [1.807, 2.05) is 12.1 Å². The lowest BCUT2D eigenvalue weighted by Crippen LogP contribution is -2.49. The molecule has 0 aliphatic heterocycles. The van der Waals surface area contributed by atoms with Crippen molar-refractivity contribution in [2.45, 2.75) is 51.0 Å². The summed E-state index contributed by atoms with van der Waals surface area (Å²) < 4.78 is 5.19. The van der Waals surface area contributed by atoms with Crippen molar-refractivity contribution in [1.29, 1.82) is 0 Å². The first-order chi connectivity index (χ1) is 10.1. The number of rotatable bonds is 10. The second kappa shape index (κ2) is 7.81. The minimum atomic E-state index is 0.0451. The van der Waals surface area contributed by atoms with Gasteiger partial charge in [-0.15, -0.1) is 0 Å². The molecule has 1 atom stereocenters. The van der Waals surface area contributed by atoms with E-state index in [0.29, 0.717) is 6.54 Å². The minimum absolute atomic E-state index is 0.0451. The van der Waals surface area contributed by atoms with Crippen LogP contribution in [0.15, 0.2) is 24.3 Å². The van der Waals surface area contributed by atoms with Gasteiger partial charge in [0.2, 0.25) is 0 Å². The van der Waals surface area contributed by atoms with E-state index < -0.39 is 0 Å². The molecule has 1 unspecified atom stereocenters. The quantitative estimate of drug-likeness (QED) is 0.651. The third-order valence-electron chi connectivity index (χ3n) is 4.61. The molecule has 1 aromatic carbocycles. The molecule has 1 saturated carbocycles. The van der Waals surface area contributed by atoms with Crippen molar-refractivity contribution in [1.82, 2.24) is 5.32 Å². The van der Waals surface area contributed by atoms with Crippen LogP contribution in [0.2, 0.25) is 0 Å². The van der Waals surface area contributed by atoms with E-state index in [-0.39, 0.29) is 5.54 Å². The SMILES string of the molecule is COc1ccc(CCC(C)(CN)NCCCC2CC2)cc1. The van der Waals surface area contributed by atoms with Crippen LogP contribution in [0.1, 0.15) is 44.6 Å². The van der Waals surface area contributed by atoms with Crippen molar-refractivity contribution in [2.24, 2.45) is 11.7 Å². The van der Waals surface area contributed by atoms with Crippen molar-refractivity contribution in [3.05, 3.63) is 29.8 Å². The predicted molar refractivity (Wildman–Crippen MR) is 88.7 cm³/mol. The maximum atomic E-state index is 5.99. The Labute approximate surface area is 129 Å². The molecule has 3 N–H and O–H groups in total. The Morgan fingerprint density at radius 1 is 1.29 bits per heavy atom. The van der Waals surface area contributed by atoms with E-state index in [9.17, 15) is 0 Å². The summed E-state index contributed by atoms with van der Waals surface area (Å²) >= 11 is 0. The molecule has 0 spiro atoms. The summed E-state index contributed by atoms with van der Waals surface area (Å²) in [5.74, 6) is 1.94. The average Bonchev–Trinajstić information content (AvgIpc) is 3.34. The van der Waals surface area contributed by atoms with Crippen LogP contribution < -0.4 is 15.8 Å². The van der Waals surface area contributed by atoms with E-state index in [1.54, 1.807) is 7.11 Å².